The number of aliphatic hydroxyl groups excluding tert-OH is 1. The lowest BCUT2D eigenvalue weighted by molar-refractivity contribution is 0.0987. The number of hydrogen-bond acceptors (Lipinski definition) is 1. The molecule has 20 heavy (non-hydrogen) atoms. The third-order valence-electron chi connectivity index (χ3n) is 4.40. The summed E-state index contributed by atoms with van der Waals surface area (Å²) in [6.07, 6.45) is 3.63. The maximum Gasteiger partial charge on any atom is 0.0812 e. The molecule has 1 N–H and O–H groups in total. The van der Waals surface area contributed by atoms with Crippen LogP contribution in [0.25, 0.3) is 5.69 Å². The van der Waals surface area contributed by atoms with Gasteiger partial charge in [-0.05, 0) is 55.4 Å². The second-order valence-corrected chi connectivity index (χ2v) is 6.94. The molecule has 1 aliphatic carbocycles. The zero-order valence-electron chi connectivity index (χ0n) is 12.8. The third-order valence-corrected chi connectivity index (χ3v) is 4.40. The first kappa shape index (κ1) is 13.4. The van der Waals surface area contributed by atoms with E-state index >= 15 is 0 Å². The van der Waals surface area contributed by atoms with Crippen LogP contribution in [0.15, 0.2) is 30.5 Å². The molecular weight excluding hydrogens is 246 g/mol. The summed E-state index contributed by atoms with van der Waals surface area (Å²) < 4.78 is 2.27. The Balaban J connectivity index is 2.16. The van der Waals surface area contributed by atoms with Crippen molar-refractivity contribution >= 4 is 0 Å². The number of rotatable bonds is 1. The van der Waals surface area contributed by atoms with Crippen molar-refractivity contribution in [3.63, 3.8) is 0 Å². The van der Waals surface area contributed by atoms with Gasteiger partial charge in [-0.2, -0.15) is 0 Å². The Kier molecular flexibility index (Phi) is 3.02. The van der Waals surface area contributed by atoms with E-state index in [1.165, 1.54) is 22.5 Å². The predicted octanol–water partition coefficient (Wildman–Crippen LogP) is 4.10. The zero-order chi connectivity index (χ0) is 14.5. The molecule has 0 aliphatic heterocycles. The Morgan fingerprint density at radius 2 is 1.95 bits per heavy atom. The molecule has 106 valence electrons. The second-order valence-electron chi connectivity index (χ2n) is 6.94. The lowest BCUT2D eigenvalue weighted by Crippen LogP contribution is -2.26. The van der Waals surface area contributed by atoms with Crippen LogP contribution in [-0.4, -0.2) is 9.67 Å². The molecule has 0 saturated carbocycles. The van der Waals surface area contributed by atoms with Gasteiger partial charge in [-0.1, -0.05) is 26.0 Å². The molecule has 1 atom stereocenters. The molecule has 0 spiro atoms. The van der Waals surface area contributed by atoms with Gasteiger partial charge in [0.15, 0.2) is 0 Å². The number of benzene rings is 1. The highest BCUT2D eigenvalue weighted by Crippen LogP contribution is 2.42. The van der Waals surface area contributed by atoms with Gasteiger partial charge >= 0.3 is 0 Å². The van der Waals surface area contributed by atoms with Crippen LogP contribution in [0.3, 0.4) is 0 Å². The van der Waals surface area contributed by atoms with Crippen LogP contribution in [-0.2, 0) is 6.42 Å². The SMILES string of the molecule is Cc1ccc(C)c(-n2ccc3c2CC(C)(C)CC3O)c1. The highest BCUT2D eigenvalue weighted by Gasteiger charge is 2.33. The van der Waals surface area contributed by atoms with Crippen molar-refractivity contribution in [2.45, 2.75) is 46.6 Å². The van der Waals surface area contributed by atoms with Crippen LogP contribution in [0.1, 0.15) is 48.8 Å². The van der Waals surface area contributed by atoms with E-state index in [-0.39, 0.29) is 11.5 Å². The standard InChI is InChI=1S/C18H23NO/c1-12-5-6-13(2)15(9-12)19-8-7-14-16(19)10-18(3,4)11-17(14)20/h5-9,17,20H,10-11H2,1-4H3. The zero-order valence-corrected chi connectivity index (χ0v) is 12.8. The van der Waals surface area contributed by atoms with Crippen LogP contribution in [0.2, 0.25) is 0 Å². The predicted molar refractivity (Wildman–Crippen MR) is 82.3 cm³/mol. The highest BCUT2D eigenvalue weighted by atomic mass is 16.3. The number of aryl methyl sites for hydroxylation is 2. The Bertz CT molecular complexity index is 651. The number of aliphatic hydroxyl groups is 1. The summed E-state index contributed by atoms with van der Waals surface area (Å²) in [6.45, 7) is 8.74. The Morgan fingerprint density at radius 3 is 2.70 bits per heavy atom. The largest absolute Gasteiger partial charge is 0.388 e. The summed E-state index contributed by atoms with van der Waals surface area (Å²) in [6, 6.07) is 8.62. The average Bonchev–Trinajstić information content (AvgIpc) is 2.74. The molecule has 0 radical (unpaired) electrons. The van der Waals surface area contributed by atoms with E-state index in [2.05, 4.69) is 62.7 Å². The van der Waals surface area contributed by atoms with Gasteiger partial charge in [-0.25, -0.2) is 0 Å². The molecule has 0 fully saturated rings. The Morgan fingerprint density at radius 1 is 1.20 bits per heavy atom. The van der Waals surface area contributed by atoms with Gasteiger partial charge in [0, 0.05) is 23.1 Å². The average molecular weight is 269 g/mol. The number of aromatic nitrogens is 1. The van der Waals surface area contributed by atoms with Crippen molar-refractivity contribution in [1.29, 1.82) is 0 Å². The van der Waals surface area contributed by atoms with E-state index in [0.29, 0.717) is 0 Å². The fourth-order valence-corrected chi connectivity index (χ4v) is 3.33. The fourth-order valence-electron chi connectivity index (χ4n) is 3.33. The van der Waals surface area contributed by atoms with Crippen molar-refractivity contribution in [3.05, 3.63) is 52.8 Å². The molecule has 0 amide bonds. The summed E-state index contributed by atoms with van der Waals surface area (Å²) in [5, 5.41) is 10.4. The Labute approximate surface area is 121 Å². The monoisotopic (exact) mass is 269 g/mol. The van der Waals surface area contributed by atoms with Crippen molar-refractivity contribution < 1.29 is 5.11 Å². The lowest BCUT2D eigenvalue weighted by atomic mass is 9.75. The van der Waals surface area contributed by atoms with E-state index < -0.39 is 0 Å². The molecule has 2 nitrogen and oxygen atoms in total. The van der Waals surface area contributed by atoms with E-state index in [1.807, 2.05) is 0 Å². The first-order valence-corrected chi connectivity index (χ1v) is 7.33. The number of nitrogens with zero attached hydrogens (tertiary/aromatic N) is 1. The number of fused-ring (bicyclic) bond motifs is 1. The summed E-state index contributed by atoms with van der Waals surface area (Å²) in [5.74, 6) is 0. The minimum atomic E-state index is -0.333. The van der Waals surface area contributed by atoms with Crippen LogP contribution < -0.4 is 0 Å². The molecule has 1 aromatic heterocycles. The minimum absolute atomic E-state index is 0.153. The summed E-state index contributed by atoms with van der Waals surface area (Å²) in [4.78, 5) is 0. The lowest BCUT2D eigenvalue weighted by Gasteiger charge is -2.34. The normalized spacial score (nSPS) is 20.8. The van der Waals surface area contributed by atoms with Gasteiger partial charge in [0.25, 0.3) is 0 Å². The van der Waals surface area contributed by atoms with Crippen LogP contribution in [0.5, 0.6) is 0 Å². The Hall–Kier alpha value is -1.54. The van der Waals surface area contributed by atoms with Crippen molar-refractivity contribution in [2.75, 3.05) is 0 Å². The smallest absolute Gasteiger partial charge is 0.0812 e. The first-order chi connectivity index (χ1) is 9.37. The molecular formula is C18H23NO. The maximum absolute atomic E-state index is 10.4. The molecule has 2 aromatic rings. The minimum Gasteiger partial charge on any atom is -0.388 e. The molecule has 3 rings (SSSR count). The topological polar surface area (TPSA) is 25.2 Å². The second kappa shape index (κ2) is 4.49. The van der Waals surface area contributed by atoms with Crippen LogP contribution in [0, 0.1) is 19.3 Å². The van der Waals surface area contributed by atoms with Gasteiger partial charge < -0.3 is 9.67 Å². The van der Waals surface area contributed by atoms with Crippen LogP contribution in [0.4, 0.5) is 0 Å². The molecule has 0 bridgehead atoms. The van der Waals surface area contributed by atoms with Gasteiger partial charge in [0.2, 0.25) is 0 Å². The van der Waals surface area contributed by atoms with E-state index in [0.717, 1.165) is 18.4 Å². The van der Waals surface area contributed by atoms with Crippen molar-refractivity contribution in [1.82, 2.24) is 4.57 Å². The van der Waals surface area contributed by atoms with Crippen molar-refractivity contribution in [2.24, 2.45) is 5.41 Å². The van der Waals surface area contributed by atoms with Gasteiger partial charge in [-0.3, -0.25) is 0 Å². The van der Waals surface area contributed by atoms with Gasteiger partial charge in [0.05, 0.1) is 6.10 Å². The fraction of sp³-hybridized carbons (Fsp3) is 0.444. The molecule has 2 heteroatoms. The molecule has 1 unspecified atom stereocenters. The quantitative estimate of drug-likeness (QED) is 0.828. The number of hydrogen-bond donors (Lipinski definition) is 1. The summed E-state index contributed by atoms with van der Waals surface area (Å²) in [7, 11) is 0. The maximum atomic E-state index is 10.4. The van der Waals surface area contributed by atoms with Gasteiger partial charge in [0.1, 0.15) is 0 Å². The highest BCUT2D eigenvalue weighted by molar-refractivity contribution is 5.47. The molecule has 1 heterocycles. The third kappa shape index (κ3) is 2.18. The van der Waals surface area contributed by atoms with E-state index in [1.54, 1.807) is 0 Å². The first-order valence-electron chi connectivity index (χ1n) is 7.33. The molecule has 1 aromatic carbocycles. The van der Waals surface area contributed by atoms with Crippen LogP contribution >= 0.6 is 0 Å². The van der Waals surface area contributed by atoms with E-state index in [9.17, 15) is 5.11 Å². The summed E-state index contributed by atoms with van der Waals surface area (Å²) in [5.41, 5.74) is 6.29. The van der Waals surface area contributed by atoms with Crippen molar-refractivity contribution in [3.8, 4) is 5.69 Å². The summed E-state index contributed by atoms with van der Waals surface area (Å²) >= 11 is 0. The molecule has 0 saturated heterocycles. The van der Waals surface area contributed by atoms with Gasteiger partial charge in [-0.15, -0.1) is 0 Å². The van der Waals surface area contributed by atoms with E-state index in [4.69, 9.17) is 0 Å². The molecule has 1 aliphatic rings.